The summed E-state index contributed by atoms with van der Waals surface area (Å²) in [6.45, 7) is 6.85. The molecule has 0 aromatic heterocycles. The van der Waals surface area contributed by atoms with Crippen molar-refractivity contribution < 1.29 is 19.4 Å². The third kappa shape index (κ3) is 2.60. The predicted octanol–water partition coefficient (Wildman–Crippen LogP) is 4.11. The first-order chi connectivity index (χ1) is 11.3. The summed E-state index contributed by atoms with van der Waals surface area (Å²) in [6, 6.07) is 0. The number of allylic oxidation sites excluding steroid dienone is 1. The molecule has 1 heterocycles. The average Bonchev–Trinajstić information content (AvgIpc) is 2.95. The van der Waals surface area contributed by atoms with Crippen molar-refractivity contribution in [2.45, 2.75) is 59.3 Å². The minimum atomic E-state index is -0.726. The van der Waals surface area contributed by atoms with E-state index in [0.29, 0.717) is 18.4 Å². The van der Waals surface area contributed by atoms with Crippen molar-refractivity contribution in [3.8, 4) is 0 Å². The van der Waals surface area contributed by atoms with Crippen molar-refractivity contribution in [1.29, 1.82) is 0 Å². The topological polar surface area (TPSA) is 63.6 Å². The van der Waals surface area contributed by atoms with Crippen LogP contribution in [-0.4, -0.2) is 23.7 Å². The lowest BCUT2D eigenvalue weighted by Crippen LogP contribution is -2.46. The molecule has 0 unspecified atom stereocenters. The van der Waals surface area contributed by atoms with Gasteiger partial charge in [0.25, 0.3) is 0 Å². The number of hydrogen-bond acceptors (Lipinski definition) is 3. The molecule has 0 aromatic rings. The highest BCUT2D eigenvalue weighted by Gasteiger charge is 2.52. The maximum absolute atomic E-state index is 11.9. The second-order valence-electron chi connectivity index (χ2n) is 8.21. The van der Waals surface area contributed by atoms with Crippen LogP contribution >= 0.6 is 0 Å². The van der Waals surface area contributed by atoms with Gasteiger partial charge < -0.3 is 9.84 Å². The van der Waals surface area contributed by atoms with Gasteiger partial charge in [-0.25, -0.2) is 4.79 Å². The molecule has 0 bridgehead atoms. The van der Waals surface area contributed by atoms with Gasteiger partial charge in [0.05, 0.1) is 5.41 Å². The summed E-state index contributed by atoms with van der Waals surface area (Å²) < 4.78 is 5.02. The Labute approximate surface area is 144 Å². The number of ether oxygens (including phenoxy) is 1. The quantitative estimate of drug-likeness (QED) is 0.621. The van der Waals surface area contributed by atoms with E-state index in [1.807, 2.05) is 13.0 Å². The molecule has 0 saturated heterocycles. The van der Waals surface area contributed by atoms with Gasteiger partial charge in [-0.2, -0.15) is 0 Å². The van der Waals surface area contributed by atoms with Gasteiger partial charge in [0.15, 0.2) is 0 Å². The van der Waals surface area contributed by atoms with Gasteiger partial charge in [0, 0.05) is 5.57 Å². The number of carboxylic acid groups (broad SMARTS) is 1. The third-order valence-electron chi connectivity index (χ3n) is 7.01. The van der Waals surface area contributed by atoms with Crippen LogP contribution in [-0.2, 0) is 14.3 Å². The number of aliphatic carboxylic acids is 1. The molecule has 4 atom stereocenters. The molecule has 3 aliphatic rings. The Morgan fingerprint density at radius 1 is 1.38 bits per heavy atom. The van der Waals surface area contributed by atoms with E-state index in [9.17, 15) is 14.7 Å². The summed E-state index contributed by atoms with van der Waals surface area (Å²) in [4.78, 5) is 23.7. The number of carbonyl (C=O) groups excluding carboxylic acids is 1. The Morgan fingerprint density at radius 3 is 2.75 bits per heavy atom. The zero-order valence-corrected chi connectivity index (χ0v) is 14.9. The van der Waals surface area contributed by atoms with Gasteiger partial charge in [0.1, 0.15) is 6.61 Å². The van der Waals surface area contributed by atoms with E-state index in [1.54, 1.807) is 0 Å². The van der Waals surface area contributed by atoms with Crippen LogP contribution in [0, 0.1) is 22.7 Å². The Morgan fingerprint density at radius 2 is 2.12 bits per heavy atom. The molecule has 4 heteroatoms. The zero-order valence-electron chi connectivity index (χ0n) is 14.9. The molecule has 0 aromatic carbocycles. The van der Waals surface area contributed by atoms with Crippen molar-refractivity contribution >= 4 is 11.9 Å². The summed E-state index contributed by atoms with van der Waals surface area (Å²) in [7, 11) is 0. The largest absolute Gasteiger partial charge is 0.481 e. The van der Waals surface area contributed by atoms with Crippen molar-refractivity contribution in [1.82, 2.24) is 0 Å². The summed E-state index contributed by atoms with van der Waals surface area (Å²) in [5.41, 5.74) is 1.22. The van der Waals surface area contributed by atoms with Gasteiger partial charge in [-0.05, 0) is 62.4 Å². The van der Waals surface area contributed by atoms with Crippen LogP contribution in [0.2, 0.25) is 0 Å². The number of carboxylic acids is 1. The maximum Gasteiger partial charge on any atom is 0.334 e. The van der Waals surface area contributed by atoms with Crippen LogP contribution in [0.3, 0.4) is 0 Å². The molecule has 1 saturated carbocycles. The molecule has 4 nitrogen and oxygen atoms in total. The molecule has 24 heavy (non-hydrogen) atoms. The number of esters is 1. The molecule has 1 N–H and O–H groups in total. The van der Waals surface area contributed by atoms with E-state index in [0.717, 1.165) is 49.7 Å². The molecule has 0 amide bonds. The minimum absolute atomic E-state index is 0.0327. The summed E-state index contributed by atoms with van der Waals surface area (Å²) in [5, 5.41) is 9.80. The molecule has 2 aliphatic carbocycles. The van der Waals surface area contributed by atoms with Crippen molar-refractivity contribution in [2.24, 2.45) is 22.7 Å². The van der Waals surface area contributed by atoms with E-state index in [2.05, 4.69) is 19.9 Å². The van der Waals surface area contributed by atoms with Gasteiger partial charge in [-0.3, -0.25) is 4.79 Å². The second kappa shape index (κ2) is 6.05. The van der Waals surface area contributed by atoms with Crippen LogP contribution in [0.1, 0.15) is 59.3 Å². The predicted molar refractivity (Wildman–Crippen MR) is 91.3 cm³/mol. The van der Waals surface area contributed by atoms with E-state index in [1.165, 1.54) is 0 Å². The van der Waals surface area contributed by atoms with Crippen molar-refractivity contribution in [3.05, 3.63) is 23.3 Å². The van der Waals surface area contributed by atoms with E-state index >= 15 is 0 Å². The third-order valence-corrected chi connectivity index (χ3v) is 7.01. The number of cyclic esters (lactones) is 1. The lowest BCUT2D eigenvalue weighted by Gasteiger charge is -2.52. The Balaban J connectivity index is 1.86. The highest BCUT2D eigenvalue weighted by atomic mass is 16.5. The summed E-state index contributed by atoms with van der Waals surface area (Å²) in [5.74, 6) is -0.0937. The molecular weight excluding hydrogens is 304 g/mol. The normalized spacial score (nSPS) is 38.9. The van der Waals surface area contributed by atoms with Gasteiger partial charge in [0.2, 0.25) is 0 Å². The zero-order chi connectivity index (χ0) is 17.5. The molecule has 3 rings (SSSR count). The molecular formula is C20H28O4. The van der Waals surface area contributed by atoms with Crippen LogP contribution < -0.4 is 0 Å². The van der Waals surface area contributed by atoms with Crippen LogP contribution in [0.5, 0.6) is 0 Å². The Bertz CT molecular complexity index is 617. The van der Waals surface area contributed by atoms with Crippen LogP contribution in [0.4, 0.5) is 0 Å². The molecule has 0 radical (unpaired) electrons. The maximum atomic E-state index is 11.9. The first-order valence-electron chi connectivity index (χ1n) is 9.09. The van der Waals surface area contributed by atoms with E-state index in [4.69, 9.17) is 4.74 Å². The fourth-order valence-corrected chi connectivity index (χ4v) is 4.97. The highest BCUT2D eigenvalue weighted by Crippen LogP contribution is 2.58. The molecule has 1 fully saturated rings. The standard InChI is InChI=1S/C20H28O4/c1-13-6-7-16-15(5-4-10-20(16,3)18(22)23)19(13,2)11-8-14-9-12-24-17(14)21/h7,9,13,15H,4-6,8,10-12H2,1-3H3,(H,22,23)/t13-,15+,19+,20+/m0/s1. The fraction of sp³-hybridized carbons (Fsp3) is 0.700. The lowest BCUT2D eigenvalue weighted by molar-refractivity contribution is -0.148. The molecule has 0 spiro atoms. The first-order valence-corrected chi connectivity index (χ1v) is 9.09. The number of carbonyl (C=O) groups is 2. The highest BCUT2D eigenvalue weighted by molar-refractivity contribution is 5.90. The molecule has 1 aliphatic heterocycles. The first kappa shape index (κ1) is 17.2. The molecule has 132 valence electrons. The van der Waals surface area contributed by atoms with Gasteiger partial charge in [-0.15, -0.1) is 0 Å². The number of fused-ring (bicyclic) bond motifs is 1. The smallest absolute Gasteiger partial charge is 0.334 e. The van der Waals surface area contributed by atoms with Crippen LogP contribution in [0.25, 0.3) is 0 Å². The summed E-state index contributed by atoms with van der Waals surface area (Å²) in [6.07, 6.45) is 9.39. The minimum Gasteiger partial charge on any atom is -0.481 e. The van der Waals surface area contributed by atoms with E-state index in [-0.39, 0.29) is 11.4 Å². The average molecular weight is 332 g/mol. The van der Waals surface area contributed by atoms with Crippen molar-refractivity contribution in [2.75, 3.05) is 6.61 Å². The Kier molecular flexibility index (Phi) is 4.35. The second-order valence-corrected chi connectivity index (χ2v) is 8.21. The Hall–Kier alpha value is -1.58. The monoisotopic (exact) mass is 332 g/mol. The van der Waals surface area contributed by atoms with Gasteiger partial charge in [-0.1, -0.05) is 31.9 Å². The van der Waals surface area contributed by atoms with Crippen LogP contribution in [0.15, 0.2) is 23.3 Å². The van der Waals surface area contributed by atoms with E-state index < -0.39 is 11.4 Å². The van der Waals surface area contributed by atoms with Gasteiger partial charge >= 0.3 is 11.9 Å². The number of hydrogen-bond donors (Lipinski definition) is 1. The fourth-order valence-electron chi connectivity index (χ4n) is 4.97. The lowest BCUT2D eigenvalue weighted by atomic mass is 9.51. The number of rotatable bonds is 4. The van der Waals surface area contributed by atoms with Crippen molar-refractivity contribution in [3.63, 3.8) is 0 Å². The summed E-state index contributed by atoms with van der Waals surface area (Å²) >= 11 is 0. The SMILES string of the molecule is C[C@H]1CC=C2[C@@H](CCC[C@@]2(C)C(=O)O)[C@]1(C)CCC1=CCOC1=O.